The zero-order chi connectivity index (χ0) is 12.1. The first-order valence-electron chi connectivity index (χ1n) is 6.63. The van der Waals surface area contributed by atoms with Crippen molar-refractivity contribution in [2.45, 2.75) is 39.2 Å². The number of nitrogens with one attached hydrogen (secondary N) is 1. The standard InChI is InChI=1S/C13H22N4/c1-3-5-11-8-13(16-10-15-11)17-7-6-14-9-12(17)4-2/h8,10,12,14H,3-7,9H2,1-2H3. The third-order valence-corrected chi connectivity index (χ3v) is 3.33. The molecule has 0 aromatic carbocycles. The highest BCUT2D eigenvalue weighted by molar-refractivity contribution is 5.41. The summed E-state index contributed by atoms with van der Waals surface area (Å²) in [6, 6.07) is 2.71. The lowest BCUT2D eigenvalue weighted by atomic mass is 10.1. The highest BCUT2D eigenvalue weighted by Gasteiger charge is 2.21. The molecule has 1 aromatic heterocycles. The summed E-state index contributed by atoms with van der Waals surface area (Å²) >= 11 is 0. The quantitative estimate of drug-likeness (QED) is 0.859. The number of nitrogens with zero attached hydrogens (tertiary/aromatic N) is 3. The molecule has 1 N–H and O–H groups in total. The van der Waals surface area contributed by atoms with Crippen LogP contribution in [0.3, 0.4) is 0 Å². The van der Waals surface area contributed by atoms with Gasteiger partial charge < -0.3 is 10.2 Å². The van der Waals surface area contributed by atoms with Gasteiger partial charge in [-0.1, -0.05) is 20.3 Å². The van der Waals surface area contributed by atoms with Gasteiger partial charge in [-0.05, 0) is 12.8 Å². The lowest BCUT2D eigenvalue weighted by Crippen LogP contribution is -2.51. The second-order valence-electron chi connectivity index (χ2n) is 4.58. The normalized spacial score (nSPS) is 20.6. The van der Waals surface area contributed by atoms with Gasteiger partial charge in [0, 0.05) is 37.4 Å². The number of anilines is 1. The predicted molar refractivity (Wildman–Crippen MR) is 70.3 cm³/mol. The van der Waals surface area contributed by atoms with E-state index < -0.39 is 0 Å². The summed E-state index contributed by atoms with van der Waals surface area (Å²) in [5.41, 5.74) is 1.16. The van der Waals surface area contributed by atoms with Crippen LogP contribution in [0.5, 0.6) is 0 Å². The molecule has 4 nitrogen and oxygen atoms in total. The van der Waals surface area contributed by atoms with E-state index in [1.54, 1.807) is 6.33 Å². The number of aryl methyl sites for hydroxylation is 1. The van der Waals surface area contributed by atoms with Gasteiger partial charge in [0.05, 0.1) is 0 Å². The smallest absolute Gasteiger partial charge is 0.132 e. The summed E-state index contributed by atoms with van der Waals surface area (Å²) in [4.78, 5) is 11.2. The Morgan fingerprint density at radius 3 is 3.06 bits per heavy atom. The van der Waals surface area contributed by atoms with Gasteiger partial charge in [-0.3, -0.25) is 0 Å². The largest absolute Gasteiger partial charge is 0.351 e. The van der Waals surface area contributed by atoms with Crippen molar-refractivity contribution >= 4 is 5.82 Å². The predicted octanol–water partition coefficient (Wildman–Crippen LogP) is 1.62. The fourth-order valence-corrected chi connectivity index (χ4v) is 2.36. The molecule has 1 aliphatic heterocycles. The molecule has 2 rings (SSSR count). The van der Waals surface area contributed by atoms with Crippen molar-refractivity contribution in [1.82, 2.24) is 15.3 Å². The summed E-state index contributed by atoms with van der Waals surface area (Å²) < 4.78 is 0. The maximum absolute atomic E-state index is 4.43. The highest BCUT2D eigenvalue weighted by atomic mass is 15.3. The van der Waals surface area contributed by atoms with E-state index in [9.17, 15) is 0 Å². The van der Waals surface area contributed by atoms with Gasteiger partial charge in [0.25, 0.3) is 0 Å². The fourth-order valence-electron chi connectivity index (χ4n) is 2.36. The molecule has 1 fully saturated rings. The molecule has 0 amide bonds. The molecular weight excluding hydrogens is 212 g/mol. The Morgan fingerprint density at radius 2 is 2.29 bits per heavy atom. The second-order valence-corrected chi connectivity index (χ2v) is 4.58. The third-order valence-electron chi connectivity index (χ3n) is 3.33. The molecule has 1 unspecified atom stereocenters. The molecule has 17 heavy (non-hydrogen) atoms. The zero-order valence-electron chi connectivity index (χ0n) is 10.8. The maximum Gasteiger partial charge on any atom is 0.132 e. The van der Waals surface area contributed by atoms with E-state index in [1.807, 2.05) is 0 Å². The third kappa shape index (κ3) is 2.94. The summed E-state index contributed by atoms with van der Waals surface area (Å²) in [5.74, 6) is 1.09. The van der Waals surface area contributed by atoms with Crippen LogP contribution in [0.2, 0.25) is 0 Å². The van der Waals surface area contributed by atoms with Gasteiger partial charge in [-0.15, -0.1) is 0 Å². The minimum Gasteiger partial charge on any atom is -0.351 e. The first-order chi connectivity index (χ1) is 8.35. The van der Waals surface area contributed by atoms with Gasteiger partial charge in [-0.25, -0.2) is 9.97 Å². The molecule has 4 heteroatoms. The van der Waals surface area contributed by atoms with Crippen LogP contribution in [0.25, 0.3) is 0 Å². The van der Waals surface area contributed by atoms with Crippen LogP contribution in [-0.4, -0.2) is 35.6 Å². The molecule has 0 radical (unpaired) electrons. The minimum absolute atomic E-state index is 0.563. The van der Waals surface area contributed by atoms with E-state index in [-0.39, 0.29) is 0 Å². The first kappa shape index (κ1) is 12.3. The summed E-state index contributed by atoms with van der Waals surface area (Å²) in [7, 11) is 0. The van der Waals surface area contributed by atoms with Crippen molar-refractivity contribution < 1.29 is 0 Å². The van der Waals surface area contributed by atoms with Crippen molar-refractivity contribution in [3.05, 3.63) is 18.1 Å². The van der Waals surface area contributed by atoms with E-state index >= 15 is 0 Å². The Morgan fingerprint density at radius 1 is 1.41 bits per heavy atom. The van der Waals surface area contributed by atoms with Crippen molar-refractivity contribution in [2.75, 3.05) is 24.5 Å². The first-order valence-corrected chi connectivity index (χ1v) is 6.63. The minimum atomic E-state index is 0.563. The maximum atomic E-state index is 4.43. The topological polar surface area (TPSA) is 41.0 Å². The summed E-state index contributed by atoms with van der Waals surface area (Å²) in [5, 5.41) is 3.44. The zero-order valence-corrected chi connectivity index (χ0v) is 10.8. The van der Waals surface area contributed by atoms with Gasteiger partial charge in [0.2, 0.25) is 0 Å². The van der Waals surface area contributed by atoms with Crippen molar-refractivity contribution in [3.63, 3.8) is 0 Å². The van der Waals surface area contributed by atoms with Crippen molar-refractivity contribution in [2.24, 2.45) is 0 Å². The monoisotopic (exact) mass is 234 g/mol. The van der Waals surface area contributed by atoms with Crippen LogP contribution in [-0.2, 0) is 6.42 Å². The fraction of sp³-hybridized carbons (Fsp3) is 0.692. The van der Waals surface area contributed by atoms with Gasteiger partial charge in [0.15, 0.2) is 0 Å². The number of hydrogen-bond acceptors (Lipinski definition) is 4. The average Bonchev–Trinajstić information content (AvgIpc) is 2.39. The Hall–Kier alpha value is -1.16. The second kappa shape index (κ2) is 5.96. The van der Waals surface area contributed by atoms with E-state index in [2.05, 4.69) is 40.1 Å². The highest BCUT2D eigenvalue weighted by Crippen LogP contribution is 2.18. The molecule has 1 aliphatic rings. The molecule has 1 saturated heterocycles. The lowest BCUT2D eigenvalue weighted by molar-refractivity contribution is 0.462. The molecule has 0 bridgehead atoms. The molecule has 94 valence electrons. The van der Waals surface area contributed by atoms with E-state index in [0.29, 0.717) is 6.04 Å². The number of hydrogen-bond donors (Lipinski definition) is 1. The molecule has 1 aromatic rings. The van der Waals surface area contributed by atoms with Crippen LogP contribution >= 0.6 is 0 Å². The Bertz CT molecular complexity index is 353. The number of piperazine rings is 1. The molecule has 1 atom stereocenters. The molecule has 0 spiro atoms. The van der Waals surface area contributed by atoms with Crippen LogP contribution in [0, 0.1) is 0 Å². The van der Waals surface area contributed by atoms with Crippen LogP contribution in [0.4, 0.5) is 5.82 Å². The van der Waals surface area contributed by atoms with Gasteiger partial charge >= 0.3 is 0 Å². The van der Waals surface area contributed by atoms with Gasteiger partial charge in [0.1, 0.15) is 12.1 Å². The number of aromatic nitrogens is 2. The summed E-state index contributed by atoms with van der Waals surface area (Å²) in [6.07, 6.45) is 5.03. The Balaban J connectivity index is 2.16. The average molecular weight is 234 g/mol. The SMILES string of the molecule is CCCc1cc(N2CCNCC2CC)ncn1. The molecular formula is C13H22N4. The van der Waals surface area contributed by atoms with Crippen molar-refractivity contribution in [1.29, 1.82) is 0 Å². The van der Waals surface area contributed by atoms with E-state index in [1.165, 1.54) is 0 Å². The summed E-state index contributed by atoms with van der Waals surface area (Å²) in [6.45, 7) is 7.56. The number of rotatable bonds is 4. The van der Waals surface area contributed by atoms with E-state index in [0.717, 1.165) is 50.4 Å². The molecule has 0 aliphatic carbocycles. The van der Waals surface area contributed by atoms with E-state index in [4.69, 9.17) is 0 Å². The molecule has 0 saturated carbocycles. The van der Waals surface area contributed by atoms with Crippen LogP contribution < -0.4 is 10.2 Å². The Labute approximate surface area is 103 Å². The van der Waals surface area contributed by atoms with Gasteiger partial charge in [-0.2, -0.15) is 0 Å². The van der Waals surface area contributed by atoms with Crippen molar-refractivity contribution in [3.8, 4) is 0 Å². The Kier molecular flexibility index (Phi) is 4.31. The molecule has 2 heterocycles. The lowest BCUT2D eigenvalue weighted by Gasteiger charge is -2.36. The van der Waals surface area contributed by atoms with Crippen LogP contribution in [0.15, 0.2) is 12.4 Å². The van der Waals surface area contributed by atoms with Crippen LogP contribution in [0.1, 0.15) is 32.4 Å².